The van der Waals surface area contributed by atoms with E-state index in [1.54, 1.807) is 6.07 Å². The molecular formula is C12H9FN4O3. The Labute approximate surface area is 112 Å². The Balaban J connectivity index is 2.26. The molecule has 1 aromatic heterocycles. The summed E-state index contributed by atoms with van der Waals surface area (Å²) in [5.74, 6) is -1.08. The number of nitro benzene ring substituents is 1. The summed E-state index contributed by atoms with van der Waals surface area (Å²) >= 11 is 0. The average molecular weight is 276 g/mol. The van der Waals surface area contributed by atoms with Gasteiger partial charge in [-0.1, -0.05) is 6.07 Å². The molecule has 8 heteroatoms. The highest BCUT2D eigenvalue weighted by Gasteiger charge is 2.14. The van der Waals surface area contributed by atoms with Gasteiger partial charge < -0.3 is 10.5 Å². The first-order chi connectivity index (χ1) is 9.47. The van der Waals surface area contributed by atoms with Crippen molar-refractivity contribution in [1.82, 2.24) is 4.98 Å². The van der Waals surface area contributed by atoms with Crippen LogP contribution in [0.4, 0.5) is 10.1 Å². The molecule has 7 nitrogen and oxygen atoms in total. The molecule has 0 fully saturated rings. The van der Waals surface area contributed by atoms with Gasteiger partial charge in [-0.2, -0.15) is 4.39 Å². The summed E-state index contributed by atoms with van der Waals surface area (Å²) in [6.07, 6.45) is 0. The predicted octanol–water partition coefficient (Wildman–Crippen LogP) is 2.21. The van der Waals surface area contributed by atoms with E-state index in [9.17, 15) is 14.5 Å². The lowest BCUT2D eigenvalue weighted by molar-refractivity contribution is -0.387. The summed E-state index contributed by atoms with van der Waals surface area (Å²) < 4.78 is 18.7. The minimum Gasteiger partial charge on any atom is -0.439 e. The van der Waals surface area contributed by atoms with Gasteiger partial charge >= 0.3 is 5.69 Å². The van der Waals surface area contributed by atoms with Crippen LogP contribution in [0.5, 0.6) is 11.6 Å². The molecule has 0 amide bonds. The number of pyridine rings is 1. The Hall–Kier alpha value is -3.03. The number of aromatic nitrogens is 1. The van der Waals surface area contributed by atoms with E-state index >= 15 is 0 Å². The predicted molar refractivity (Wildman–Crippen MR) is 68.4 cm³/mol. The van der Waals surface area contributed by atoms with Crippen molar-refractivity contribution in [3.05, 3.63) is 58.0 Å². The topological polar surface area (TPSA) is 115 Å². The third-order valence-corrected chi connectivity index (χ3v) is 2.34. The van der Waals surface area contributed by atoms with Crippen LogP contribution in [0.15, 0.2) is 36.4 Å². The summed E-state index contributed by atoms with van der Waals surface area (Å²) in [5, 5.41) is 17.7. The molecule has 0 radical (unpaired) electrons. The van der Waals surface area contributed by atoms with Crippen LogP contribution in [0.3, 0.4) is 0 Å². The molecule has 0 bridgehead atoms. The largest absolute Gasteiger partial charge is 0.439 e. The van der Waals surface area contributed by atoms with Crippen LogP contribution in [0.25, 0.3) is 0 Å². The second-order valence-electron chi connectivity index (χ2n) is 3.75. The molecule has 2 aromatic rings. The minimum atomic E-state index is -1.00. The van der Waals surface area contributed by atoms with Crippen molar-refractivity contribution < 1.29 is 14.1 Å². The molecule has 0 aliphatic rings. The van der Waals surface area contributed by atoms with E-state index in [1.165, 1.54) is 18.2 Å². The van der Waals surface area contributed by atoms with Crippen molar-refractivity contribution in [2.45, 2.75) is 0 Å². The van der Waals surface area contributed by atoms with Crippen LogP contribution in [-0.4, -0.2) is 15.7 Å². The van der Waals surface area contributed by atoms with Crippen molar-refractivity contribution in [2.75, 3.05) is 0 Å². The summed E-state index contributed by atoms with van der Waals surface area (Å²) in [6, 6.07) is 7.72. The third kappa shape index (κ3) is 2.86. The first-order valence-corrected chi connectivity index (χ1v) is 5.40. The number of benzene rings is 1. The molecule has 0 aliphatic heterocycles. The molecule has 0 aliphatic carbocycles. The van der Waals surface area contributed by atoms with Crippen molar-refractivity contribution >= 4 is 11.5 Å². The molecule has 0 atom stereocenters. The van der Waals surface area contributed by atoms with Gasteiger partial charge in [0.05, 0.1) is 4.92 Å². The summed E-state index contributed by atoms with van der Waals surface area (Å²) in [6.45, 7) is 0. The van der Waals surface area contributed by atoms with Gasteiger partial charge in [-0.15, -0.1) is 0 Å². The number of amidine groups is 1. The van der Waals surface area contributed by atoms with Crippen molar-refractivity contribution in [1.29, 1.82) is 5.41 Å². The second kappa shape index (κ2) is 5.31. The van der Waals surface area contributed by atoms with E-state index in [0.717, 1.165) is 12.1 Å². The molecule has 1 aromatic carbocycles. The van der Waals surface area contributed by atoms with Gasteiger partial charge in [0.25, 0.3) is 0 Å². The van der Waals surface area contributed by atoms with E-state index in [1.807, 2.05) is 0 Å². The Kier molecular flexibility index (Phi) is 3.56. The number of hydrogen-bond acceptors (Lipinski definition) is 5. The van der Waals surface area contributed by atoms with E-state index in [4.69, 9.17) is 15.9 Å². The number of halogens is 1. The molecule has 0 saturated heterocycles. The summed E-state index contributed by atoms with van der Waals surface area (Å²) in [4.78, 5) is 13.6. The van der Waals surface area contributed by atoms with E-state index in [0.29, 0.717) is 0 Å². The number of ether oxygens (including phenoxy) is 1. The number of nitro groups is 1. The number of nitrogens with one attached hydrogen (secondary N) is 1. The maximum absolute atomic E-state index is 13.4. The standard InChI is InChI=1S/C12H9FN4O3/c13-8-6-7(4-5-10(8)17(18)19)20-11-3-1-2-9(16-11)12(14)15/h1-6H,(H3,14,15). The van der Waals surface area contributed by atoms with E-state index in [2.05, 4.69) is 4.98 Å². The van der Waals surface area contributed by atoms with Crippen LogP contribution >= 0.6 is 0 Å². The van der Waals surface area contributed by atoms with Gasteiger partial charge in [-0.05, 0) is 12.1 Å². The second-order valence-corrected chi connectivity index (χ2v) is 3.75. The lowest BCUT2D eigenvalue weighted by Crippen LogP contribution is -2.13. The smallest absolute Gasteiger partial charge is 0.305 e. The normalized spacial score (nSPS) is 10.1. The first-order valence-electron chi connectivity index (χ1n) is 5.40. The molecule has 0 spiro atoms. The molecule has 102 valence electrons. The monoisotopic (exact) mass is 276 g/mol. The molecule has 2 rings (SSSR count). The fourth-order valence-electron chi connectivity index (χ4n) is 1.44. The third-order valence-electron chi connectivity index (χ3n) is 2.34. The number of rotatable bonds is 4. The average Bonchev–Trinajstić information content (AvgIpc) is 2.38. The zero-order valence-electron chi connectivity index (χ0n) is 10.0. The number of nitrogens with zero attached hydrogens (tertiary/aromatic N) is 2. The van der Waals surface area contributed by atoms with Gasteiger partial charge in [0.2, 0.25) is 11.7 Å². The van der Waals surface area contributed by atoms with Gasteiger partial charge in [0.15, 0.2) is 0 Å². The Bertz CT molecular complexity index is 690. The molecule has 20 heavy (non-hydrogen) atoms. The van der Waals surface area contributed by atoms with Crippen LogP contribution < -0.4 is 10.5 Å². The van der Waals surface area contributed by atoms with Crippen LogP contribution in [0.1, 0.15) is 5.69 Å². The van der Waals surface area contributed by atoms with Gasteiger partial charge in [-0.25, -0.2) is 4.98 Å². The van der Waals surface area contributed by atoms with Crippen molar-refractivity contribution in [3.8, 4) is 11.6 Å². The Morgan fingerprint density at radius 2 is 2.15 bits per heavy atom. The fourth-order valence-corrected chi connectivity index (χ4v) is 1.44. The quantitative estimate of drug-likeness (QED) is 0.384. The maximum atomic E-state index is 13.4. The van der Waals surface area contributed by atoms with Gasteiger partial charge in [0.1, 0.15) is 17.3 Å². The molecule has 3 N–H and O–H groups in total. The van der Waals surface area contributed by atoms with E-state index in [-0.39, 0.29) is 23.2 Å². The highest BCUT2D eigenvalue weighted by molar-refractivity contribution is 5.93. The highest BCUT2D eigenvalue weighted by atomic mass is 19.1. The summed E-state index contributed by atoms with van der Waals surface area (Å²) in [7, 11) is 0. The Morgan fingerprint density at radius 3 is 2.75 bits per heavy atom. The van der Waals surface area contributed by atoms with Crippen LogP contribution in [0.2, 0.25) is 0 Å². The number of nitrogens with two attached hydrogens (primary N) is 1. The minimum absolute atomic E-state index is 0.0568. The van der Waals surface area contributed by atoms with Gasteiger partial charge in [0, 0.05) is 18.2 Å². The van der Waals surface area contributed by atoms with Gasteiger partial charge in [-0.3, -0.25) is 15.5 Å². The van der Waals surface area contributed by atoms with Crippen molar-refractivity contribution in [3.63, 3.8) is 0 Å². The lowest BCUT2D eigenvalue weighted by atomic mass is 10.3. The molecule has 1 heterocycles. The Morgan fingerprint density at radius 1 is 1.40 bits per heavy atom. The molecule has 0 saturated carbocycles. The first kappa shape index (κ1) is 13.4. The highest BCUT2D eigenvalue weighted by Crippen LogP contribution is 2.25. The van der Waals surface area contributed by atoms with Crippen LogP contribution in [0, 0.1) is 21.3 Å². The molecule has 0 unspecified atom stereocenters. The zero-order valence-corrected chi connectivity index (χ0v) is 10.0. The number of nitrogen functional groups attached to an aromatic ring is 1. The fraction of sp³-hybridized carbons (Fsp3) is 0. The molecular weight excluding hydrogens is 267 g/mol. The lowest BCUT2D eigenvalue weighted by Gasteiger charge is -2.06. The maximum Gasteiger partial charge on any atom is 0.305 e. The van der Waals surface area contributed by atoms with Crippen LogP contribution in [-0.2, 0) is 0 Å². The summed E-state index contributed by atoms with van der Waals surface area (Å²) in [5.41, 5.74) is 4.86. The zero-order chi connectivity index (χ0) is 14.7. The van der Waals surface area contributed by atoms with E-state index < -0.39 is 16.4 Å². The number of hydrogen-bond donors (Lipinski definition) is 2. The SMILES string of the molecule is N=C(N)c1cccc(Oc2ccc([N+](=O)[O-])c(F)c2)n1. The van der Waals surface area contributed by atoms with Crippen molar-refractivity contribution in [2.24, 2.45) is 5.73 Å².